The van der Waals surface area contributed by atoms with E-state index in [9.17, 15) is 48.0 Å². The van der Waals surface area contributed by atoms with Gasteiger partial charge in [-0.1, -0.05) is 6.92 Å². The highest BCUT2D eigenvalue weighted by Crippen LogP contribution is 2.55. The van der Waals surface area contributed by atoms with Crippen molar-refractivity contribution in [1.82, 2.24) is 9.80 Å². The number of likely N-dealkylation sites (tertiary alicyclic amines) is 1. The highest BCUT2D eigenvalue weighted by molar-refractivity contribution is 6.24. The molecule has 0 aromatic heterocycles. The number of primary amides is 1. The Labute approximate surface area is 238 Å². The van der Waals surface area contributed by atoms with E-state index in [1.165, 1.54) is 11.9 Å². The first-order valence-electron chi connectivity index (χ1n) is 13.6. The van der Waals surface area contributed by atoms with Gasteiger partial charge in [0.2, 0.25) is 5.78 Å². The van der Waals surface area contributed by atoms with Crippen LogP contribution >= 0.6 is 0 Å². The number of aliphatic hydroxyl groups excluding tert-OH is 2. The molecule has 0 unspecified atom stereocenters. The molecule has 1 heterocycles. The third kappa shape index (κ3) is 4.26. The summed E-state index contributed by atoms with van der Waals surface area (Å²) in [6.45, 7) is 2.55. The number of hydrogen-bond donors (Lipinski definition) is 5. The van der Waals surface area contributed by atoms with Crippen LogP contribution in [0.1, 0.15) is 53.7 Å². The number of ether oxygens (including phenoxy) is 1. The van der Waals surface area contributed by atoms with Crippen LogP contribution in [0.3, 0.4) is 0 Å². The molecule has 42 heavy (non-hydrogen) atoms. The molecule has 5 atom stereocenters. The van der Waals surface area contributed by atoms with Gasteiger partial charge in [-0.3, -0.25) is 24.2 Å². The van der Waals surface area contributed by atoms with Crippen LogP contribution in [0.4, 0.5) is 13.2 Å². The summed E-state index contributed by atoms with van der Waals surface area (Å²) in [6, 6.07) is -0.687. The van der Waals surface area contributed by atoms with E-state index in [1.54, 1.807) is 14.0 Å². The smallest absolute Gasteiger partial charge is 0.510 e. The molecule has 0 bridgehead atoms. The van der Waals surface area contributed by atoms with Gasteiger partial charge in [-0.15, -0.1) is 13.2 Å². The number of aliphatic hydroxyl groups is 3. The van der Waals surface area contributed by atoms with Crippen LogP contribution in [-0.4, -0.2) is 92.9 Å². The highest BCUT2D eigenvalue weighted by atomic mass is 19.4. The van der Waals surface area contributed by atoms with Crippen molar-refractivity contribution in [2.75, 3.05) is 27.2 Å². The minimum Gasteiger partial charge on any atom is -0.510 e. The Balaban J connectivity index is 1.73. The lowest BCUT2D eigenvalue weighted by Crippen LogP contribution is -2.64. The number of carbonyl (C=O) groups is 3. The first kappa shape index (κ1) is 29.9. The molecule has 1 amide bonds. The van der Waals surface area contributed by atoms with Crippen molar-refractivity contribution in [1.29, 1.82) is 0 Å². The maximum atomic E-state index is 13.9. The monoisotopic (exact) mass is 595 g/mol. The summed E-state index contributed by atoms with van der Waals surface area (Å²) < 4.78 is 45.7. The number of aromatic hydroxyl groups is 1. The van der Waals surface area contributed by atoms with Crippen LogP contribution < -0.4 is 10.5 Å². The molecule has 1 fully saturated rings. The molecule has 4 aliphatic rings. The number of Topliss-reactive ketones (excluding diaryl/α,β-unsaturated/α-hetero) is 2. The molecule has 0 spiro atoms. The molecular weight excluding hydrogens is 563 g/mol. The van der Waals surface area contributed by atoms with Crippen molar-refractivity contribution in [2.24, 2.45) is 17.6 Å². The summed E-state index contributed by atoms with van der Waals surface area (Å²) in [5, 5.41) is 45.1. The van der Waals surface area contributed by atoms with Gasteiger partial charge >= 0.3 is 6.36 Å². The van der Waals surface area contributed by atoms with Gasteiger partial charge in [0.25, 0.3) is 5.91 Å². The molecule has 5 rings (SSSR count). The van der Waals surface area contributed by atoms with Gasteiger partial charge in [0, 0.05) is 28.7 Å². The van der Waals surface area contributed by atoms with Crippen molar-refractivity contribution in [3.63, 3.8) is 0 Å². The zero-order valence-electron chi connectivity index (χ0n) is 23.2. The Morgan fingerprint density at radius 1 is 1.26 bits per heavy atom. The molecule has 1 aromatic rings. The Morgan fingerprint density at radius 3 is 2.48 bits per heavy atom. The second-order valence-electron chi connectivity index (χ2n) is 11.4. The number of fused-ring (bicyclic) bond motifs is 3. The lowest BCUT2D eigenvalue weighted by molar-refractivity contribution is -0.275. The van der Waals surface area contributed by atoms with Crippen molar-refractivity contribution in [3.05, 3.63) is 45.4 Å². The molecule has 14 heteroatoms. The van der Waals surface area contributed by atoms with Gasteiger partial charge in [-0.2, -0.15) is 0 Å². The van der Waals surface area contributed by atoms with E-state index < -0.39 is 93.1 Å². The van der Waals surface area contributed by atoms with Crippen molar-refractivity contribution < 1.29 is 52.7 Å². The maximum absolute atomic E-state index is 13.9. The average Bonchev–Trinajstić information content (AvgIpc) is 3.32. The number of allylic oxidation sites excluding steroid dienone is 1. The third-order valence-electron chi connectivity index (χ3n) is 9.22. The van der Waals surface area contributed by atoms with Crippen LogP contribution in [-0.2, 0) is 16.0 Å². The number of carbonyl (C=O) groups excluding carboxylic acids is 3. The lowest BCUT2D eigenvalue weighted by atomic mass is 9.58. The molecule has 0 radical (unpaired) electrons. The average molecular weight is 596 g/mol. The number of rotatable bonds is 5. The number of phenolic OH excluding ortho intramolecular Hbond substituents is 1. The summed E-state index contributed by atoms with van der Waals surface area (Å²) >= 11 is 0. The Morgan fingerprint density at radius 2 is 1.93 bits per heavy atom. The van der Waals surface area contributed by atoms with Gasteiger partial charge in [0.1, 0.15) is 28.6 Å². The van der Waals surface area contributed by atoms with Crippen LogP contribution in [0.2, 0.25) is 0 Å². The van der Waals surface area contributed by atoms with Gasteiger partial charge in [-0.25, -0.2) is 0 Å². The fourth-order valence-electron chi connectivity index (χ4n) is 7.22. The minimum atomic E-state index is -5.13. The number of hydrogen-bond acceptors (Lipinski definition) is 10. The predicted molar refractivity (Wildman–Crippen MR) is 140 cm³/mol. The lowest BCUT2D eigenvalue weighted by Gasteiger charge is -2.50. The van der Waals surface area contributed by atoms with Crippen LogP contribution in [0, 0.1) is 11.8 Å². The molecule has 3 aliphatic carbocycles. The highest BCUT2D eigenvalue weighted by Gasteiger charge is 2.63. The maximum Gasteiger partial charge on any atom is 0.573 e. The van der Waals surface area contributed by atoms with E-state index in [1.807, 2.05) is 4.90 Å². The fraction of sp³-hybridized carbons (Fsp3) is 0.536. The van der Waals surface area contributed by atoms with Gasteiger partial charge in [0.15, 0.2) is 11.4 Å². The first-order chi connectivity index (χ1) is 19.5. The number of nitrogens with zero attached hydrogens (tertiary/aromatic N) is 2. The van der Waals surface area contributed by atoms with Crippen molar-refractivity contribution >= 4 is 17.5 Å². The predicted octanol–water partition coefficient (Wildman–Crippen LogP) is 2.18. The van der Waals surface area contributed by atoms with E-state index >= 15 is 0 Å². The Bertz CT molecular complexity index is 1450. The standard InChI is InChI=1S/C28H32F3N3O8/c1-4-33(2)20-14-9-11-8-13-18(16(35)10-12(15-6-5-7-34(15)3)23(13)42-28(29,30)31)21(36)17(11)24(38)27(14,41)25(39)19(22(20)37)26(32)40/h10-11,14-15,20,35,37-38,41H,4-9H2,1-3H3,(H2,32,40)/t11-,14-,15-,20-,27-/m0/s1. The third-order valence-corrected chi connectivity index (χ3v) is 9.22. The van der Waals surface area contributed by atoms with E-state index in [0.29, 0.717) is 19.4 Å². The molecule has 1 aromatic carbocycles. The summed E-state index contributed by atoms with van der Waals surface area (Å²) in [5.74, 6) is -9.24. The molecule has 1 aliphatic heterocycles. The number of benzene rings is 1. The number of amides is 1. The van der Waals surface area contributed by atoms with Crippen molar-refractivity contribution in [3.8, 4) is 11.5 Å². The zero-order valence-corrected chi connectivity index (χ0v) is 23.2. The second kappa shape index (κ2) is 9.99. The largest absolute Gasteiger partial charge is 0.573 e. The number of phenols is 1. The second-order valence-corrected chi connectivity index (χ2v) is 11.4. The van der Waals surface area contributed by atoms with Gasteiger partial charge in [-0.05, 0) is 64.9 Å². The van der Waals surface area contributed by atoms with Crippen LogP contribution in [0.5, 0.6) is 11.5 Å². The van der Waals surface area contributed by atoms with Gasteiger partial charge in [0.05, 0.1) is 11.6 Å². The molecule has 6 N–H and O–H groups in total. The summed E-state index contributed by atoms with van der Waals surface area (Å²) in [6.07, 6.45) is -4.52. The minimum absolute atomic E-state index is 0.0588. The molecule has 228 valence electrons. The molecule has 11 nitrogen and oxygen atoms in total. The zero-order chi connectivity index (χ0) is 31.0. The number of alkyl halides is 3. The van der Waals surface area contributed by atoms with Crippen LogP contribution in [0.15, 0.2) is 28.7 Å². The summed E-state index contributed by atoms with van der Waals surface area (Å²) in [5.41, 5.74) is 0.401. The summed E-state index contributed by atoms with van der Waals surface area (Å²) in [7, 11) is 3.26. The van der Waals surface area contributed by atoms with Crippen molar-refractivity contribution in [2.45, 2.75) is 56.7 Å². The Hall–Kier alpha value is -3.62. The molecule has 0 saturated carbocycles. The fourth-order valence-corrected chi connectivity index (χ4v) is 7.22. The van der Waals surface area contributed by atoms with E-state index in [2.05, 4.69) is 4.74 Å². The Kier molecular flexibility index (Phi) is 7.10. The molecular formula is C28H32F3N3O8. The van der Waals surface area contributed by atoms with E-state index in [4.69, 9.17) is 5.73 Å². The summed E-state index contributed by atoms with van der Waals surface area (Å²) in [4.78, 5) is 42.8. The number of ketones is 2. The SMILES string of the molecule is CCN(C)[C@@H]1C(O)=C(C(N)=O)C(=O)[C@@]2(O)C(O)=C3C(=O)c4c(O)cc([C@@H]5CCCN5C)c(OC(F)(F)F)c4C[C@H]3C[C@@H]12. The van der Waals surface area contributed by atoms with E-state index in [0.717, 1.165) is 6.07 Å². The number of nitrogens with two attached hydrogens (primary N) is 1. The van der Waals surface area contributed by atoms with Gasteiger partial charge < -0.3 is 30.9 Å². The van der Waals surface area contributed by atoms with E-state index in [-0.39, 0.29) is 30.5 Å². The topological polar surface area (TPSA) is 174 Å². The number of halogens is 3. The quantitative estimate of drug-likeness (QED) is 0.318. The number of likely N-dealkylation sites (N-methyl/N-ethyl adjacent to an activating group) is 1. The first-order valence-corrected chi connectivity index (χ1v) is 13.6. The normalized spacial score (nSPS) is 30.0. The van der Waals surface area contributed by atoms with Crippen LogP contribution in [0.25, 0.3) is 0 Å². The molecule has 1 saturated heterocycles.